The Hall–Kier alpha value is -1.38. The topological polar surface area (TPSA) is 71.9 Å². The van der Waals surface area contributed by atoms with Gasteiger partial charge in [-0.15, -0.1) is 0 Å². The molecule has 7 nitrogen and oxygen atoms in total. The lowest BCUT2D eigenvalue weighted by Crippen LogP contribution is -2.53. The SMILES string of the molecule is CC(C)S(=O)(=O)N1CCN(C(=O)CC2(n3cccc3)CCOCC2)CC1. The maximum Gasteiger partial charge on any atom is 0.225 e. The van der Waals surface area contributed by atoms with Crippen LogP contribution >= 0.6 is 0 Å². The van der Waals surface area contributed by atoms with Gasteiger partial charge in [0.05, 0.1) is 17.2 Å². The number of carbonyl (C=O) groups excluding carboxylic acids is 1. The van der Waals surface area contributed by atoms with Crippen LogP contribution in [0.1, 0.15) is 33.1 Å². The molecule has 1 aromatic rings. The van der Waals surface area contributed by atoms with Crippen molar-refractivity contribution in [2.24, 2.45) is 0 Å². The van der Waals surface area contributed by atoms with Gasteiger partial charge in [0.25, 0.3) is 0 Å². The predicted molar refractivity (Wildman–Crippen MR) is 99.3 cm³/mol. The van der Waals surface area contributed by atoms with E-state index in [1.54, 1.807) is 13.8 Å². The molecule has 26 heavy (non-hydrogen) atoms. The zero-order chi connectivity index (χ0) is 18.8. The van der Waals surface area contributed by atoms with Crippen LogP contribution < -0.4 is 0 Å². The fourth-order valence-electron chi connectivity index (χ4n) is 3.81. The van der Waals surface area contributed by atoms with Gasteiger partial charge in [0.1, 0.15) is 0 Å². The van der Waals surface area contributed by atoms with Crippen molar-refractivity contribution in [3.63, 3.8) is 0 Å². The summed E-state index contributed by atoms with van der Waals surface area (Å²) in [5.74, 6) is 0.0993. The van der Waals surface area contributed by atoms with Gasteiger partial charge in [0.15, 0.2) is 0 Å². The number of carbonyl (C=O) groups is 1. The van der Waals surface area contributed by atoms with Crippen molar-refractivity contribution in [2.45, 2.75) is 43.9 Å². The quantitative estimate of drug-likeness (QED) is 0.768. The van der Waals surface area contributed by atoms with Crippen molar-refractivity contribution in [1.82, 2.24) is 13.8 Å². The van der Waals surface area contributed by atoms with Crippen molar-refractivity contribution >= 4 is 15.9 Å². The molecule has 0 aliphatic carbocycles. The highest BCUT2D eigenvalue weighted by atomic mass is 32.2. The van der Waals surface area contributed by atoms with Crippen LogP contribution in [0.4, 0.5) is 0 Å². The minimum Gasteiger partial charge on any atom is -0.381 e. The molecule has 3 rings (SSSR count). The van der Waals surface area contributed by atoms with E-state index in [9.17, 15) is 13.2 Å². The highest BCUT2D eigenvalue weighted by Gasteiger charge is 2.38. The molecule has 0 saturated carbocycles. The minimum absolute atomic E-state index is 0.0993. The van der Waals surface area contributed by atoms with E-state index in [1.807, 2.05) is 29.4 Å². The second-order valence-corrected chi connectivity index (χ2v) is 9.97. The molecular weight excluding hydrogens is 354 g/mol. The van der Waals surface area contributed by atoms with Crippen LogP contribution in [0.15, 0.2) is 24.5 Å². The molecule has 2 aliphatic rings. The Morgan fingerprint density at radius 3 is 2.19 bits per heavy atom. The van der Waals surface area contributed by atoms with E-state index in [4.69, 9.17) is 4.74 Å². The van der Waals surface area contributed by atoms with Crippen LogP contribution in [-0.2, 0) is 25.1 Å². The largest absolute Gasteiger partial charge is 0.381 e. The Morgan fingerprint density at radius 1 is 1.08 bits per heavy atom. The normalized spacial score (nSPS) is 21.9. The summed E-state index contributed by atoms with van der Waals surface area (Å²) in [7, 11) is -3.25. The van der Waals surface area contributed by atoms with E-state index in [-0.39, 0.29) is 11.4 Å². The highest BCUT2D eigenvalue weighted by molar-refractivity contribution is 7.89. The Kier molecular flexibility index (Phi) is 5.74. The first-order valence-electron chi connectivity index (χ1n) is 9.33. The van der Waals surface area contributed by atoms with Gasteiger partial charge >= 0.3 is 0 Å². The summed E-state index contributed by atoms with van der Waals surface area (Å²) in [6.45, 7) is 6.39. The van der Waals surface area contributed by atoms with Crippen LogP contribution in [0.5, 0.6) is 0 Å². The van der Waals surface area contributed by atoms with Crippen LogP contribution in [0.2, 0.25) is 0 Å². The van der Waals surface area contributed by atoms with Gasteiger partial charge in [-0.25, -0.2) is 8.42 Å². The fourth-order valence-corrected chi connectivity index (χ4v) is 5.08. The standard InChI is InChI=1S/C18H29N3O4S/c1-16(2)26(23,24)21-11-9-19(10-12-21)17(22)15-18(5-13-25-14-6-18)20-7-3-4-8-20/h3-4,7-8,16H,5-6,9-15H2,1-2H3. The zero-order valence-electron chi connectivity index (χ0n) is 15.6. The van der Waals surface area contributed by atoms with E-state index < -0.39 is 15.3 Å². The van der Waals surface area contributed by atoms with Crippen LogP contribution in [-0.4, -0.2) is 72.7 Å². The highest BCUT2D eigenvalue weighted by Crippen LogP contribution is 2.33. The molecule has 0 aromatic carbocycles. The van der Waals surface area contributed by atoms with Gasteiger partial charge in [-0.2, -0.15) is 4.31 Å². The van der Waals surface area contributed by atoms with Crippen LogP contribution in [0, 0.1) is 0 Å². The second-order valence-electron chi connectivity index (χ2n) is 7.48. The monoisotopic (exact) mass is 383 g/mol. The van der Waals surface area contributed by atoms with Gasteiger partial charge in [-0.05, 0) is 38.8 Å². The first-order valence-corrected chi connectivity index (χ1v) is 10.8. The number of hydrogen-bond donors (Lipinski definition) is 0. The zero-order valence-corrected chi connectivity index (χ0v) is 16.5. The maximum atomic E-state index is 13.0. The molecule has 3 heterocycles. The third-order valence-electron chi connectivity index (χ3n) is 5.60. The van der Waals surface area contributed by atoms with Crippen LogP contribution in [0.25, 0.3) is 0 Å². The first kappa shape index (κ1) is 19.4. The van der Waals surface area contributed by atoms with E-state index in [2.05, 4.69) is 4.57 Å². The van der Waals surface area contributed by atoms with Crippen molar-refractivity contribution in [2.75, 3.05) is 39.4 Å². The van der Waals surface area contributed by atoms with Crippen molar-refractivity contribution < 1.29 is 17.9 Å². The van der Waals surface area contributed by atoms with Gasteiger partial charge in [0.2, 0.25) is 15.9 Å². The molecule has 146 valence electrons. The van der Waals surface area contributed by atoms with E-state index in [0.717, 1.165) is 12.8 Å². The molecule has 0 atom stereocenters. The van der Waals surface area contributed by atoms with Gasteiger partial charge < -0.3 is 14.2 Å². The molecule has 1 aromatic heterocycles. The summed E-state index contributed by atoms with van der Waals surface area (Å²) >= 11 is 0. The lowest BCUT2D eigenvalue weighted by molar-refractivity contribution is -0.136. The summed E-state index contributed by atoms with van der Waals surface area (Å²) in [4.78, 5) is 14.8. The Bertz CT molecular complexity index is 701. The van der Waals surface area contributed by atoms with Crippen molar-refractivity contribution in [3.05, 3.63) is 24.5 Å². The van der Waals surface area contributed by atoms with Gasteiger partial charge in [-0.3, -0.25) is 4.79 Å². The molecule has 2 fully saturated rings. The fraction of sp³-hybridized carbons (Fsp3) is 0.722. The predicted octanol–water partition coefficient (Wildman–Crippen LogP) is 1.27. The lowest BCUT2D eigenvalue weighted by atomic mass is 9.85. The number of piperazine rings is 1. The Balaban J connectivity index is 1.65. The number of ether oxygens (including phenoxy) is 1. The molecular formula is C18H29N3O4S. The summed E-state index contributed by atoms with van der Waals surface area (Å²) in [6.07, 6.45) is 6.10. The first-order chi connectivity index (χ1) is 12.3. The minimum atomic E-state index is -3.25. The number of amides is 1. The average molecular weight is 384 g/mol. The average Bonchev–Trinajstić information content (AvgIpc) is 3.18. The molecule has 8 heteroatoms. The number of rotatable bonds is 5. The Labute approximate surface area is 156 Å². The Morgan fingerprint density at radius 2 is 1.65 bits per heavy atom. The molecule has 1 amide bonds. The number of aromatic nitrogens is 1. The maximum absolute atomic E-state index is 13.0. The lowest BCUT2D eigenvalue weighted by Gasteiger charge is -2.41. The van der Waals surface area contributed by atoms with E-state index in [0.29, 0.717) is 45.8 Å². The molecule has 2 saturated heterocycles. The van der Waals surface area contributed by atoms with Crippen molar-refractivity contribution in [1.29, 1.82) is 0 Å². The van der Waals surface area contributed by atoms with Crippen LogP contribution in [0.3, 0.4) is 0 Å². The molecule has 2 aliphatic heterocycles. The molecule has 0 N–H and O–H groups in total. The summed E-state index contributed by atoms with van der Waals surface area (Å²) in [5.41, 5.74) is -0.236. The number of hydrogen-bond acceptors (Lipinski definition) is 4. The van der Waals surface area contributed by atoms with Gasteiger partial charge in [0, 0.05) is 51.8 Å². The summed E-state index contributed by atoms with van der Waals surface area (Å²) < 4.78 is 33.8. The van der Waals surface area contributed by atoms with E-state index >= 15 is 0 Å². The third-order valence-corrected chi connectivity index (χ3v) is 7.88. The third kappa shape index (κ3) is 3.82. The molecule has 0 unspecified atom stereocenters. The summed E-state index contributed by atoms with van der Waals surface area (Å²) in [6, 6.07) is 3.97. The second kappa shape index (κ2) is 7.70. The molecule has 0 radical (unpaired) electrons. The molecule has 0 bridgehead atoms. The van der Waals surface area contributed by atoms with E-state index in [1.165, 1.54) is 4.31 Å². The smallest absolute Gasteiger partial charge is 0.225 e. The number of sulfonamides is 1. The van der Waals surface area contributed by atoms with Gasteiger partial charge in [-0.1, -0.05) is 0 Å². The number of nitrogens with zero attached hydrogens (tertiary/aromatic N) is 3. The summed E-state index contributed by atoms with van der Waals surface area (Å²) in [5, 5.41) is -0.427. The van der Waals surface area contributed by atoms with Crippen molar-refractivity contribution in [3.8, 4) is 0 Å². The molecule has 0 spiro atoms.